The standard InChI is InChI=1S/C12H16O5S/c1-15-11(13)6-5-10(12(14)16-2)18-8-9-4-3-7-17-9/h3-4,7,10H,5-6,8H2,1-2H3. The Bertz CT molecular complexity index is 374. The summed E-state index contributed by atoms with van der Waals surface area (Å²) in [5.74, 6) is 0.679. The van der Waals surface area contributed by atoms with Crippen molar-refractivity contribution in [3.8, 4) is 0 Å². The molecule has 0 amide bonds. The SMILES string of the molecule is COC(=O)CCC(SCc1ccco1)C(=O)OC. The van der Waals surface area contributed by atoms with Crippen LogP contribution in [0.15, 0.2) is 22.8 Å². The summed E-state index contributed by atoms with van der Waals surface area (Å²) in [7, 11) is 2.66. The molecule has 0 radical (unpaired) electrons. The number of thioether (sulfide) groups is 1. The zero-order valence-corrected chi connectivity index (χ0v) is 11.2. The fourth-order valence-electron chi connectivity index (χ4n) is 1.33. The molecule has 1 aromatic rings. The first-order chi connectivity index (χ1) is 8.67. The van der Waals surface area contributed by atoms with E-state index < -0.39 is 0 Å². The van der Waals surface area contributed by atoms with Gasteiger partial charge in [0.2, 0.25) is 0 Å². The Hall–Kier alpha value is -1.43. The number of methoxy groups -OCH3 is 2. The van der Waals surface area contributed by atoms with Gasteiger partial charge in [-0.15, -0.1) is 11.8 Å². The van der Waals surface area contributed by atoms with Crippen molar-refractivity contribution in [2.24, 2.45) is 0 Å². The highest BCUT2D eigenvalue weighted by atomic mass is 32.2. The lowest BCUT2D eigenvalue weighted by Gasteiger charge is -2.12. The number of ether oxygens (including phenoxy) is 2. The second kappa shape index (κ2) is 7.81. The molecule has 0 spiro atoms. The van der Waals surface area contributed by atoms with Gasteiger partial charge in [0.25, 0.3) is 0 Å². The van der Waals surface area contributed by atoms with Gasteiger partial charge in [0, 0.05) is 6.42 Å². The number of carbonyl (C=O) groups is 2. The highest BCUT2D eigenvalue weighted by Gasteiger charge is 2.21. The minimum Gasteiger partial charge on any atom is -0.469 e. The van der Waals surface area contributed by atoms with Crippen molar-refractivity contribution >= 4 is 23.7 Å². The van der Waals surface area contributed by atoms with Gasteiger partial charge in [-0.05, 0) is 18.6 Å². The third kappa shape index (κ3) is 4.83. The molecule has 18 heavy (non-hydrogen) atoms. The molecular formula is C12H16O5S. The lowest BCUT2D eigenvalue weighted by Crippen LogP contribution is -2.20. The molecule has 0 aliphatic rings. The molecule has 5 nitrogen and oxygen atoms in total. The second-order valence-corrected chi connectivity index (χ2v) is 4.71. The van der Waals surface area contributed by atoms with Crippen LogP contribution in [0.25, 0.3) is 0 Å². The van der Waals surface area contributed by atoms with Gasteiger partial charge in [-0.25, -0.2) is 0 Å². The van der Waals surface area contributed by atoms with E-state index in [1.807, 2.05) is 6.07 Å². The maximum Gasteiger partial charge on any atom is 0.318 e. The summed E-state index contributed by atoms with van der Waals surface area (Å²) in [5.41, 5.74) is 0. The van der Waals surface area contributed by atoms with E-state index in [0.717, 1.165) is 5.76 Å². The van der Waals surface area contributed by atoms with Crippen LogP contribution in [0.2, 0.25) is 0 Å². The van der Waals surface area contributed by atoms with Crippen LogP contribution in [0.3, 0.4) is 0 Å². The van der Waals surface area contributed by atoms with Gasteiger partial charge >= 0.3 is 11.9 Å². The molecule has 0 aliphatic carbocycles. The normalized spacial score (nSPS) is 11.9. The highest BCUT2D eigenvalue weighted by molar-refractivity contribution is 7.99. The van der Waals surface area contributed by atoms with E-state index in [0.29, 0.717) is 12.2 Å². The van der Waals surface area contributed by atoms with Crippen LogP contribution < -0.4 is 0 Å². The Balaban J connectivity index is 2.45. The maximum absolute atomic E-state index is 11.5. The van der Waals surface area contributed by atoms with Gasteiger partial charge in [-0.3, -0.25) is 9.59 Å². The van der Waals surface area contributed by atoms with Gasteiger partial charge < -0.3 is 13.9 Å². The Morgan fingerprint density at radius 3 is 2.72 bits per heavy atom. The Kier molecular flexibility index (Phi) is 6.35. The summed E-state index contributed by atoms with van der Waals surface area (Å²) >= 11 is 1.39. The third-order valence-electron chi connectivity index (χ3n) is 2.31. The predicted octanol–water partition coefficient (Wildman–Crippen LogP) is 2.01. The summed E-state index contributed by atoms with van der Waals surface area (Å²) < 4.78 is 14.4. The van der Waals surface area contributed by atoms with Crippen molar-refractivity contribution < 1.29 is 23.5 Å². The van der Waals surface area contributed by atoms with E-state index in [9.17, 15) is 9.59 Å². The van der Waals surface area contributed by atoms with Crippen molar-refractivity contribution in [1.82, 2.24) is 0 Å². The minimum atomic E-state index is -0.390. The first-order valence-electron chi connectivity index (χ1n) is 5.46. The maximum atomic E-state index is 11.5. The number of rotatable bonds is 7. The molecule has 0 bridgehead atoms. The summed E-state index contributed by atoms with van der Waals surface area (Å²) in [6.07, 6.45) is 2.17. The van der Waals surface area contributed by atoms with E-state index >= 15 is 0 Å². The smallest absolute Gasteiger partial charge is 0.318 e. The van der Waals surface area contributed by atoms with E-state index in [-0.39, 0.29) is 23.6 Å². The molecule has 0 saturated carbocycles. The van der Waals surface area contributed by atoms with E-state index in [2.05, 4.69) is 4.74 Å². The molecule has 0 aromatic carbocycles. The number of hydrogen-bond acceptors (Lipinski definition) is 6. The van der Waals surface area contributed by atoms with Gasteiger partial charge in [-0.2, -0.15) is 0 Å². The molecule has 0 aliphatic heterocycles. The summed E-state index contributed by atoms with van der Waals surface area (Å²) in [5, 5.41) is -0.390. The average Bonchev–Trinajstić information content (AvgIpc) is 2.90. The molecule has 6 heteroatoms. The average molecular weight is 272 g/mol. The summed E-state index contributed by atoms with van der Waals surface area (Å²) in [4.78, 5) is 22.6. The Labute approximate surface area is 110 Å². The van der Waals surface area contributed by atoms with Crippen molar-refractivity contribution in [2.45, 2.75) is 23.8 Å². The van der Waals surface area contributed by atoms with Gasteiger partial charge in [0.1, 0.15) is 11.0 Å². The molecule has 1 heterocycles. The quantitative estimate of drug-likeness (QED) is 0.707. The van der Waals surface area contributed by atoms with Crippen molar-refractivity contribution in [3.63, 3.8) is 0 Å². The van der Waals surface area contributed by atoms with Gasteiger partial charge in [-0.1, -0.05) is 0 Å². The third-order valence-corrected chi connectivity index (χ3v) is 3.59. The van der Waals surface area contributed by atoms with Crippen LogP contribution in [0.5, 0.6) is 0 Å². The van der Waals surface area contributed by atoms with Crippen molar-refractivity contribution in [2.75, 3.05) is 14.2 Å². The highest BCUT2D eigenvalue weighted by Crippen LogP contribution is 2.23. The van der Waals surface area contributed by atoms with E-state index in [1.165, 1.54) is 26.0 Å². The topological polar surface area (TPSA) is 65.7 Å². The fourth-order valence-corrected chi connectivity index (χ4v) is 2.38. The van der Waals surface area contributed by atoms with Crippen LogP contribution in [-0.2, 0) is 24.8 Å². The predicted molar refractivity (Wildman–Crippen MR) is 67.1 cm³/mol. The minimum absolute atomic E-state index is 0.196. The molecule has 0 N–H and O–H groups in total. The van der Waals surface area contributed by atoms with Crippen LogP contribution in [-0.4, -0.2) is 31.4 Å². The van der Waals surface area contributed by atoms with E-state index in [1.54, 1.807) is 12.3 Å². The lowest BCUT2D eigenvalue weighted by atomic mass is 10.2. The van der Waals surface area contributed by atoms with Crippen molar-refractivity contribution in [3.05, 3.63) is 24.2 Å². The Morgan fingerprint density at radius 2 is 2.17 bits per heavy atom. The zero-order chi connectivity index (χ0) is 13.4. The molecule has 1 aromatic heterocycles. The largest absolute Gasteiger partial charge is 0.469 e. The monoisotopic (exact) mass is 272 g/mol. The molecule has 0 fully saturated rings. The molecular weight excluding hydrogens is 256 g/mol. The molecule has 0 saturated heterocycles. The molecule has 1 unspecified atom stereocenters. The molecule has 1 rings (SSSR count). The van der Waals surface area contributed by atoms with Crippen LogP contribution in [0.1, 0.15) is 18.6 Å². The van der Waals surface area contributed by atoms with Crippen LogP contribution in [0, 0.1) is 0 Å². The summed E-state index contributed by atoms with van der Waals surface area (Å²) in [6.45, 7) is 0. The number of hydrogen-bond donors (Lipinski definition) is 0. The Morgan fingerprint density at radius 1 is 1.39 bits per heavy atom. The number of carbonyl (C=O) groups excluding carboxylic acids is 2. The van der Waals surface area contributed by atoms with Crippen LogP contribution >= 0.6 is 11.8 Å². The lowest BCUT2D eigenvalue weighted by molar-refractivity contribution is -0.142. The molecule has 1 atom stereocenters. The summed E-state index contributed by atoms with van der Waals surface area (Å²) in [6, 6.07) is 3.62. The van der Waals surface area contributed by atoms with Gasteiger partial charge in [0.15, 0.2) is 0 Å². The molecule has 100 valence electrons. The first kappa shape index (κ1) is 14.6. The van der Waals surface area contributed by atoms with E-state index in [4.69, 9.17) is 9.15 Å². The first-order valence-corrected chi connectivity index (χ1v) is 6.51. The fraction of sp³-hybridized carbons (Fsp3) is 0.500. The van der Waals surface area contributed by atoms with Crippen LogP contribution in [0.4, 0.5) is 0 Å². The van der Waals surface area contributed by atoms with Gasteiger partial charge in [0.05, 0.1) is 26.2 Å². The van der Waals surface area contributed by atoms with Crippen molar-refractivity contribution in [1.29, 1.82) is 0 Å². The number of furan rings is 1. The zero-order valence-electron chi connectivity index (χ0n) is 10.4. The second-order valence-electron chi connectivity index (χ2n) is 3.52. The number of esters is 2.